The standard InChI is InChI=1S/C23H24N4O3S/c1-16-7-3-5-9-19(16)26-21(28)18(15-24-25-11-13-30-14-12-25)22(29)27(23(26)31)20-10-6-4-8-17(20)2/h3-10,15,28H,11-14H2,1-2H3. The van der Waals surface area contributed by atoms with Gasteiger partial charge in [-0.1, -0.05) is 36.4 Å². The number of hydrazone groups is 1. The Morgan fingerprint density at radius 2 is 1.52 bits per heavy atom. The molecule has 0 aliphatic carbocycles. The highest BCUT2D eigenvalue weighted by molar-refractivity contribution is 7.71. The molecular formula is C23H24N4O3S. The molecule has 160 valence electrons. The van der Waals surface area contributed by atoms with E-state index in [4.69, 9.17) is 17.0 Å². The number of hydrogen-bond acceptors (Lipinski definition) is 6. The molecule has 0 saturated carbocycles. The Kier molecular flexibility index (Phi) is 6.01. The monoisotopic (exact) mass is 436 g/mol. The summed E-state index contributed by atoms with van der Waals surface area (Å²) in [5.74, 6) is -0.230. The van der Waals surface area contributed by atoms with E-state index in [9.17, 15) is 9.90 Å². The van der Waals surface area contributed by atoms with E-state index in [1.54, 1.807) is 0 Å². The first-order valence-electron chi connectivity index (χ1n) is 10.1. The average molecular weight is 437 g/mol. The van der Waals surface area contributed by atoms with Gasteiger partial charge in [0.1, 0.15) is 5.56 Å². The molecule has 1 aromatic heterocycles. The number of para-hydroxylation sites is 2. The van der Waals surface area contributed by atoms with Gasteiger partial charge in [0.2, 0.25) is 5.88 Å². The molecule has 1 saturated heterocycles. The summed E-state index contributed by atoms with van der Waals surface area (Å²) < 4.78 is 8.52. The number of aromatic nitrogens is 2. The van der Waals surface area contributed by atoms with Crippen LogP contribution in [0.1, 0.15) is 16.7 Å². The van der Waals surface area contributed by atoms with Crippen LogP contribution in [-0.2, 0) is 4.74 Å². The lowest BCUT2D eigenvalue weighted by atomic mass is 10.2. The van der Waals surface area contributed by atoms with Crippen LogP contribution in [0.15, 0.2) is 58.4 Å². The van der Waals surface area contributed by atoms with Gasteiger partial charge in [-0.2, -0.15) is 5.10 Å². The first kappa shape index (κ1) is 21.0. The quantitative estimate of drug-likeness (QED) is 0.502. The van der Waals surface area contributed by atoms with Gasteiger partial charge in [0, 0.05) is 0 Å². The average Bonchev–Trinajstić information content (AvgIpc) is 2.77. The van der Waals surface area contributed by atoms with Crippen LogP contribution in [0.2, 0.25) is 0 Å². The summed E-state index contributed by atoms with van der Waals surface area (Å²) in [6.07, 6.45) is 1.42. The summed E-state index contributed by atoms with van der Waals surface area (Å²) in [5.41, 5.74) is 2.84. The van der Waals surface area contributed by atoms with Crippen LogP contribution >= 0.6 is 12.2 Å². The Hall–Kier alpha value is -3.23. The van der Waals surface area contributed by atoms with Crippen molar-refractivity contribution in [3.8, 4) is 17.3 Å². The zero-order valence-corrected chi connectivity index (χ0v) is 18.3. The second-order valence-corrected chi connectivity index (χ2v) is 7.74. The zero-order chi connectivity index (χ0) is 22.0. The largest absolute Gasteiger partial charge is 0.494 e. The van der Waals surface area contributed by atoms with Gasteiger partial charge in [-0.15, -0.1) is 0 Å². The first-order chi connectivity index (χ1) is 15.0. The van der Waals surface area contributed by atoms with E-state index in [0.717, 1.165) is 11.1 Å². The molecule has 0 atom stereocenters. The molecule has 1 aliphatic heterocycles. The lowest BCUT2D eigenvalue weighted by Crippen LogP contribution is -2.33. The molecule has 0 amide bonds. The van der Waals surface area contributed by atoms with Gasteiger partial charge in [-0.05, 0) is 49.3 Å². The van der Waals surface area contributed by atoms with Crippen molar-refractivity contribution >= 4 is 18.4 Å². The fourth-order valence-electron chi connectivity index (χ4n) is 3.59. The van der Waals surface area contributed by atoms with Crippen molar-refractivity contribution in [1.29, 1.82) is 0 Å². The predicted octanol–water partition coefficient (Wildman–Crippen LogP) is 3.35. The van der Waals surface area contributed by atoms with Crippen molar-refractivity contribution in [2.75, 3.05) is 26.3 Å². The van der Waals surface area contributed by atoms with Gasteiger partial charge in [0.05, 0.1) is 43.9 Å². The third-order valence-electron chi connectivity index (χ3n) is 5.32. The Balaban J connectivity index is 2.00. The van der Waals surface area contributed by atoms with Gasteiger partial charge in [0.25, 0.3) is 5.56 Å². The van der Waals surface area contributed by atoms with Gasteiger partial charge in [0.15, 0.2) is 4.77 Å². The third-order valence-corrected chi connectivity index (χ3v) is 5.68. The van der Waals surface area contributed by atoms with Crippen LogP contribution in [0.5, 0.6) is 5.88 Å². The van der Waals surface area contributed by atoms with E-state index >= 15 is 0 Å². The van der Waals surface area contributed by atoms with Gasteiger partial charge >= 0.3 is 0 Å². The fourth-order valence-corrected chi connectivity index (χ4v) is 3.96. The number of ether oxygens (including phenoxy) is 1. The topological polar surface area (TPSA) is 72.0 Å². The van der Waals surface area contributed by atoms with Crippen molar-refractivity contribution in [2.45, 2.75) is 13.8 Å². The molecule has 2 aromatic carbocycles. The summed E-state index contributed by atoms with van der Waals surface area (Å²) in [6.45, 7) is 6.25. The molecule has 31 heavy (non-hydrogen) atoms. The summed E-state index contributed by atoms with van der Waals surface area (Å²) in [6, 6.07) is 15.1. The Morgan fingerprint density at radius 1 is 0.968 bits per heavy atom. The van der Waals surface area contributed by atoms with Gasteiger partial charge in [-0.25, -0.2) is 0 Å². The van der Waals surface area contributed by atoms with Crippen molar-refractivity contribution in [3.63, 3.8) is 0 Å². The smallest absolute Gasteiger partial charge is 0.271 e. The normalized spacial score (nSPS) is 14.3. The van der Waals surface area contributed by atoms with Crippen LogP contribution in [-0.4, -0.2) is 51.8 Å². The minimum atomic E-state index is -0.418. The van der Waals surface area contributed by atoms with Gasteiger partial charge in [-0.3, -0.25) is 18.9 Å². The molecule has 4 rings (SSSR count). The molecule has 1 aliphatic rings. The number of hydrogen-bond donors (Lipinski definition) is 1. The summed E-state index contributed by atoms with van der Waals surface area (Å²) >= 11 is 5.71. The number of nitrogens with zero attached hydrogens (tertiary/aromatic N) is 4. The van der Waals surface area contributed by atoms with E-state index < -0.39 is 5.56 Å². The maximum atomic E-state index is 13.5. The Labute approximate surface area is 185 Å². The second kappa shape index (κ2) is 8.87. The molecule has 1 fully saturated rings. The zero-order valence-electron chi connectivity index (χ0n) is 17.5. The molecule has 0 unspecified atom stereocenters. The van der Waals surface area contributed by atoms with Crippen molar-refractivity contribution in [3.05, 3.63) is 80.3 Å². The minimum absolute atomic E-state index is 0.0756. The Bertz CT molecular complexity index is 1260. The molecule has 7 nitrogen and oxygen atoms in total. The molecule has 8 heteroatoms. The second-order valence-electron chi connectivity index (χ2n) is 7.38. The van der Waals surface area contributed by atoms with E-state index in [2.05, 4.69) is 5.10 Å². The molecule has 0 radical (unpaired) electrons. The first-order valence-corrected chi connectivity index (χ1v) is 10.5. The van der Waals surface area contributed by atoms with Crippen LogP contribution in [0.25, 0.3) is 11.4 Å². The maximum Gasteiger partial charge on any atom is 0.271 e. The number of aromatic hydroxyl groups is 1. The number of rotatable bonds is 4. The molecule has 2 heterocycles. The molecule has 3 aromatic rings. The highest BCUT2D eigenvalue weighted by Gasteiger charge is 2.20. The van der Waals surface area contributed by atoms with E-state index in [1.807, 2.05) is 67.4 Å². The Morgan fingerprint density at radius 3 is 2.10 bits per heavy atom. The summed E-state index contributed by atoms with van der Waals surface area (Å²) in [7, 11) is 0. The number of aryl methyl sites for hydroxylation is 2. The molecule has 0 bridgehead atoms. The number of benzene rings is 2. The van der Waals surface area contributed by atoms with Crippen LogP contribution in [0.4, 0.5) is 0 Å². The lowest BCUT2D eigenvalue weighted by molar-refractivity contribution is 0.0396. The molecule has 1 N–H and O–H groups in total. The minimum Gasteiger partial charge on any atom is -0.494 e. The van der Waals surface area contributed by atoms with Crippen LogP contribution in [0, 0.1) is 18.6 Å². The van der Waals surface area contributed by atoms with E-state index in [-0.39, 0.29) is 16.2 Å². The molecule has 0 spiro atoms. The van der Waals surface area contributed by atoms with Crippen LogP contribution < -0.4 is 5.56 Å². The van der Waals surface area contributed by atoms with E-state index in [0.29, 0.717) is 37.7 Å². The molecular weight excluding hydrogens is 412 g/mol. The highest BCUT2D eigenvalue weighted by atomic mass is 32.1. The summed E-state index contributed by atoms with van der Waals surface area (Å²) in [4.78, 5) is 13.5. The van der Waals surface area contributed by atoms with Gasteiger partial charge < -0.3 is 9.84 Å². The summed E-state index contributed by atoms with van der Waals surface area (Å²) in [5, 5.41) is 17.4. The highest BCUT2D eigenvalue weighted by Crippen LogP contribution is 2.24. The van der Waals surface area contributed by atoms with Crippen molar-refractivity contribution < 1.29 is 9.84 Å². The van der Waals surface area contributed by atoms with Crippen molar-refractivity contribution in [2.24, 2.45) is 5.10 Å². The predicted molar refractivity (Wildman–Crippen MR) is 123 cm³/mol. The maximum absolute atomic E-state index is 13.5. The fraction of sp³-hybridized carbons (Fsp3) is 0.261. The van der Waals surface area contributed by atoms with E-state index in [1.165, 1.54) is 15.3 Å². The SMILES string of the molecule is Cc1ccccc1-n1c(O)c(C=NN2CCOCC2)c(=O)n(-c2ccccc2C)c1=S. The number of morpholine rings is 1. The lowest BCUT2D eigenvalue weighted by Gasteiger charge is -2.23. The van der Waals surface area contributed by atoms with Crippen LogP contribution in [0.3, 0.4) is 0 Å². The third kappa shape index (κ3) is 4.04. The van der Waals surface area contributed by atoms with Crippen molar-refractivity contribution in [1.82, 2.24) is 14.1 Å².